The fraction of sp³-hybridized carbons (Fsp3) is 0.467. The van der Waals surface area contributed by atoms with Crippen LogP contribution in [-0.4, -0.2) is 60.0 Å². The van der Waals surface area contributed by atoms with E-state index in [4.69, 9.17) is 4.74 Å². The van der Waals surface area contributed by atoms with Gasteiger partial charge in [-0.2, -0.15) is 0 Å². The number of carbonyl (C=O) groups excluding carboxylic acids is 1. The van der Waals surface area contributed by atoms with Gasteiger partial charge in [0.25, 0.3) is 5.91 Å². The molecule has 20 heavy (non-hydrogen) atoms. The van der Waals surface area contributed by atoms with E-state index in [9.17, 15) is 4.79 Å². The number of hydrogen-bond donors (Lipinski definition) is 0. The number of ether oxygens (including phenoxy) is 1. The number of pyridine rings is 1. The van der Waals surface area contributed by atoms with Gasteiger partial charge in [0, 0.05) is 32.9 Å². The maximum Gasteiger partial charge on any atom is 0.259 e. The number of aromatic nitrogens is 1. The van der Waals surface area contributed by atoms with Crippen LogP contribution < -0.4 is 4.74 Å². The Morgan fingerprint density at radius 1 is 1.40 bits per heavy atom. The van der Waals surface area contributed by atoms with Crippen LogP contribution in [-0.2, 0) is 0 Å². The number of likely N-dealkylation sites (N-methyl/N-ethyl adjacent to an activating group) is 1. The van der Waals surface area contributed by atoms with Gasteiger partial charge in [-0.15, -0.1) is 0 Å². The van der Waals surface area contributed by atoms with Crippen LogP contribution in [0.15, 0.2) is 30.5 Å². The highest BCUT2D eigenvalue weighted by molar-refractivity contribution is 5.96. The number of carbonyl (C=O) groups is 1. The number of amides is 1. The minimum atomic E-state index is -0.0153. The van der Waals surface area contributed by atoms with Gasteiger partial charge in [0.15, 0.2) is 0 Å². The molecule has 3 heterocycles. The molecular formula is C15H19N3O2. The first-order valence-corrected chi connectivity index (χ1v) is 6.98. The second-order valence-electron chi connectivity index (χ2n) is 5.30. The Morgan fingerprint density at radius 3 is 3.00 bits per heavy atom. The van der Waals surface area contributed by atoms with Crippen molar-refractivity contribution < 1.29 is 9.53 Å². The van der Waals surface area contributed by atoms with Gasteiger partial charge in [-0.05, 0) is 18.6 Å². The Kier molecular flexibility index (Phi) is 3.69. The van der Waals surface area contributed by atoms with Crippen molar-refractivity contribution in [3.8, 4) is 5.88 Å². The van der Waals surface area contributed by atoms with E-state index >= 15 is 0 Å². The second-order valence-corrected chi connectivity index (χ2v) is 5.30. The summed E-state index contributed by atoms with van der Waals surface area (Å²) in [6.07, 6.45) is 6.93. The van der Waals surface area contributed by atoms with Crippen molar-refractivity contribution in [3.63, 3.8) is 0 Å². The fourth-order valence-corrected chi connectivity index (χ4v) is 2.62. The van der Waals surface area contributed by atoms with E-state index < -0.39 is 0 Å². The summed E-state index contributed by atoms with van der Waals surface area (Å²) < 4.78 is 5.94. The third-order valence-corrected chi connectivity index (χ3v) is 3.77. The maximum absolute atomic E-state index is 12.2. The third-order valence-electron chi connectivity index (χ3n) is 3.77. The quantitative estimate of drug-likeness (QED) is 0.776. The Bertz CT molecular complexity index is 522. The van der Waals surface area contributed by atoms with Crippen molar-refractivity contribution in [1.29, 1.82) is 0 Å². The maximum atomic E-state index is 12.2. The average Bonchev–Trinajstić information content (AvgIpc) is 2.94. The minimum Gasteiger partial charge on any atom is -0.472 e. The highest BCUT2D eigenvalue weighted by atomic mass is 16.5. The van der Waals surface area contributed by atoms with Crippen molar-refractivity contribution in [1.82, 2.24) is 14.8 Å². The standard InChI is InChI=1S/C15H19N3O2/c1-17-11-12(6-10-18-8-2-3-9-18)20-14-13(15(17)19)5-4-7-16-14/h2-5,7,12H,6,8-11H2,1H3. The molecule has 1 atom stereocenters. The van der Waals surface area contributed by atoms with E-state index in [1.54, 1.807) is 23.2 Å². The van der Waals surface area contributed by atoms with Gasteiger partial charge in [-0.1, -0.05) is 12.2 Å². The molecule has 0 N–H and O–H groups in total. The van der Waals surface area contributed by atoms with Crippen LogP contribution in [0.4, 0.5) is 0 Å². The number of hydrogen-bond acceptors (Lipinski definition) is 4. The lowest BCUT2D eigenvalue weighted by Crippen LogP contribution is -2.36. The molecule has 5 heteroatoms. The second kappa shape index (κ2) is 5.63. The van der Waals surface area contributed by atoms with Crippen LogP contribution >= 0.6 is 0 Å². The molecule has 0 saturated heterocycles. The Balaban J connectivity index is 1.69. The largest absolute Gasteiger partial charge is 0.472 e. The molecule has 2 aliphatic rings. The van der Waals surface area contributed by atoms with Crippen LogP contribution in [0.3, 0.4) is 0 Å². The summed E-state index contributed by atoms with van der Waals surface area (Å²) >= 11 is 0. The molecule has 3 rings (SSSR count). The Morgan fingerprint density at radius 2 is 2.20 bits per heavy atom. The van der Waals surface area contributed by atoms with E-state index in [1.807, 2.05) is 7.05 Å². The van der Waals surface area contributed by atoms with Gasteiger partial charge < -0.3 is 9.64 Å². The van der Waals surface area contributed by atoms with Crippen molar-refractivity contribution >= 4 is 5.91 Å². The fourth-order valence-electron chi connectivity index (χ4n) is 2.62. The van der Waals surface area contributed by atoms with Crippen molar-refractivity contribution in [2.24, 2.45) is 0 Å². The summed E-state index contributed by atoms with van der Waals surface area (Å²) in [5.74, 6) is 0.449. The zero-order valence-electron chi connectivity index (χ0n) is 11.7. The predicted molar refractivity (Wildman–Crippen MR) is 75.8 cm³/mol. The summed E-state index contributed by atoms with van der Waals surface area (Å²) in [6, 6.07) is 3.54. The Hall–Kier alpha value is -1.88. The molecule has 1 aromatic heterocycles. The first kappa shape index (κ1) is 13.1. The van der Waals surface area contributed by atoms with Crippen LogP contribution in [0, 0.1) is 0 Å². The first-order valence-electron chi connectivity index (χ1n) is 6.98. The highest BCUT2D eigenvalue weighted by Gasteiger charge is 2.27. The van der Waals surface area contributed by atoms with Crippen molar-refractivity contribution in [2.45, 2.75) is 12.5 Å². The van der Waals surface area contributed by atoms with Gasteiger partial charge in [0.1, 0.15) is 11.7 Å². The summed E-state index contributed by atoms with van der Waals surface area (Å²) in [7, 11) is 1.82. The molecule has 0 aliphatic carbocycles. The summed E-state index contributed by atoms with van der Waals surface area (Å²) in [4.78, 5) is 20.5. The summed E-state index contributed by atoms with van der Waals surface area (Å²) in [6.45, 7) is 3.60. The molecule has 0 saturated carbocycles. The van der Waals surface area contributed by atoms with E-state index in [0.29, 0.717) is 18.0 Å². The van der Waals surface area contributed by atoms with Crippen LogP contribution in [0.25, 0.3) is 0 Å². The van der Waals surface area contributed by atoms with E-state index in [1.165, 1.54) is 0 Å². The van der Waals surface area contributed by atoms with Crippen LogP contribution in [0.1, 0.15) is 16.8 Å². The molecule has 0 radical (unpaired) electrons. The lowest BCUT2D eigenvalue weighted by molar-refractivity contribution is 0.0747. The van der Waals surface area contributed by atoms with Gasteiger partial charge in [0.2, 0.25) is 5.88 Å². The average molecular weight is 273 g/mol. The lowest BCUT2D eigenvalue weighted by atomic mass is 10.2. The monoisotopic (exact) mass is 273 g/mol. The number of rotatable bonds is 3. The molecule has 1 unspecified atom stereocenters. The number of nitrogens with zero attached hydrogens (tertiary/aromatic N) is 3. The van der Waals surface area contributed by atoms with Crippen molar-refractivity contribution in [3.05, 3.63) is 36.0 Å². The zero-order valence-corrected chi connectivity index (χ0v) is 11.7. The van der Waals surface area contributed by atoms with Crippen LogP contribution in [0.2, 0.25) is 0 Å². The smallest absolute Gasteiger partial charge is 0.259 e. The molecule has 1 amide bonds. The molecule has 106 valence electrons. The van der Waals surface area contributed by atoms with E-state index in [-0.39, 0.29) is 12.0 Å². The highest BCUT2D eigenvalue weighted by Crippen LogP contribution is 2.22. The Labute approximate surface area is 118 Å². The lowest BCUT2D eigenvalue weighted by Gasteiger charge is -2.22. The van der Waals surface area contributed by atoms with Gasteiger partial charge in [-0.3, -0.25) is 9.69 Å². The first-order chi connectivity index (χ1) is 9.74. The minimum absolute atomic E-state index is 0.000648. The van der Waals surface area contributed by atoms with Crippen molar-refractivity contribution in [2.75, 3.05) is 33.2 Å². The van der Waals surface area contributed by atoms with Crippen LogP contribution in [0.5, 0.6) is 5.88 Å². The van der Waals surface area contributed by atoms with E-state index in [2.05, 4.69) is 22.0 Å². The van der Waals surface area contributed by atoms with Gasteiger partial charge >= 0.3 is 0 Å². The molecule has 5 nitrogen and oxygen atoms in total. The van der Waals surface area contributed by atoms with Gasteiger partial charge in [0.05, 0.1) is 6.54 Å². The molecule has 0 spiro atoms. The van der Waals surface area contributed by atoms with Gasteiger partial charge in [-0.25, -0.2) is 4.98 Å². The molecule has 0 fully saturated rings. The molecule has 2 aliphatic heterocycles. The number of fused-ring (bicyclic) bond motifs is 1. The molecule has 1 aromatic rings. The SMILES string of the molecule is CN1CC(CCN2CC=CC2)Oc2ncccc2C1=O. The predicted octanol–water partition coefficient (Wildman–Crippen LogP) is 1.18. The zero-order chi connectivity index (χ0) is 13.9. The molecule has 0 aromatic carbocycles. The third kappa shape index (κ3) is 2.67. The molecule has 0 bridgehead atoms. The normalized spacial score (nSPS) is 22.6. The molecular weight excluding hydrogens is 254 g/mol. The summed E-state index contributed by atoms with van der Waals surface area (Å²) in [5.41, 5.74) is 0.556. The van der Waals surface area contributed by atoms with E-state index in [0.717, 1.165) is 26.1 Å². The topological polar surface area (TPSA) is 45.7 Å². The summed E-state index contributed by atoms with van der Waals surface area (Å²) in [5, 5.41) is 0.